The van der Waals surface area contributed by atoms with Gasteiger partial charge in [-0.25, -0.2) is 0 Å². The third kappa shape index (κ3) is 3.10. The molecule has 0 saturated heterocycles. The predicted octanol–water partition coefficient (Wildman–Crippen LogP) is 2.53. The van der Waals surface area contributed by atoms with Crippen molar-refractivity contribution in [3.8, 4) is 0 Å². The van der Waals surface area contributed by atoms with Gasteiger partial charge in [0.05, 0.1) is 5.41 Å². The van der Waals surface area contributed by atoms with Gasteiger partial charge in [0.1, 0.15) is 12.2 Å². The standard InChI is InChI=1S/C14H13BrO4/c1-9(16)8-12(17)19-13(18)14(6-7-14)10-2-4-11(15)5-3-10/h2-5H,6-8H2,1H3. The molecule has 1 aromatic carbocycles. The lowest BCUT2D eigenvalue weighted by Gasteiger charge is -2.13. The van der Waals surface area contributed by atoms with Crippen molar-refractivity contribution < 1.29 is 19.1 Å². The Morgan fingerprint density at radius 3 is 2.26 bits per heavy atom. The summed E-state index contributed by atoms with van der Waals surface area (Å²) in [4.78, 5) is 34.2. The zero-order valence-corrected chi connectivity index (χ0v) is 12.0. The lowest BCUT2D eigenvalue weighted by Crippen LogP contribution is -2.26. The number of benzene rings is 1. The molecule has 4 nitrogen and oxygen atoms in total. The summed E-state index contributed by atoms with van der Waals surface area (Å²) >= 11 is 3.33. The van der Waals surface area contributed by atoms with Gasteiger partial charge >= 0.3 is 11.9 Å². The molecule has 1 aliphatic carbocycles. The van der Waals surface area contributed by atoms with Gasteiger partial charge in [0.2, 0.25) is 0 Å². The number of ketones is 1. The molecule has 19 heavy (non-hydrogen) atoms. The number of hydrogen-bond donors (Lipinski definition) is 0. The van der Waals surface area contributed by atoms with Crippen molar-refractivity contribution in [2.45, 2.75) is 31.6 Å². The Bertz CT molecular complexity index is 529. The molecule has 0 spiro atoms. The molecule has 5 heteroatoms. The molecule has 1 aromatic rings. The molecule has 0 atom stereocenters. The average molecular weight is 325 g/mol. The van der Waals surface area contributed by atoms with Crippen LogP contribution in [0.3, 0.4) is 0 Å². The number of rotatable bonds is 4. The van der Waals surface area contributed by atoms with Crippen LogP contribution >= 0.6 is 15.9 Å². The highest BCUT2D eigenvalue weighted by molar-refractivity contribution is 9.10. The molecule has 0 amide bonds. The summed E-state index contributed by atoms with van der Waals surface area (Å²) in [5.41, 5.74) is 0.143. The number of carbonyl (C=O) groups is 3. The van der Waals surface area contributed by atoms with E-state index in [0.29, 0.717) is 12.8 Å². The molecule has 1 saturated carbocycles. The van der Waals surface area contributed by atoms with Gasteiger partial charge in [0.25, 0.3) is 0 Å². The number of hydrogen-bond acceptors (Lipinski definition) is 4. The van der Waals surface area contributed by atoms with E-state index in [4.69, 9.17) is 4.74 Å². The lowest BCUT2D eigenvalue weighted by molar-refractivity contribution is -0.161. The van der Waals surface area contributed by atoms with Crippen LogP contribution in [0.15, 0.2) is 28.7 Å². The van der Waals surface area contributed by atoms with Crippen molar-refractivity contribution in [3.63, 3.8) is 0 Å². The fourth-order valence-corrected chi connectivity index (χ4v) is 2.21. The van der Waals surface area contributed by atoms with Crippen LogP contribution in [-0.4, -0.2) is 17.7 Å². The summed E-state index contributed by atoms with van der Waals surface area (Å²) in [6.45, 7) is 1.29. The van der Waals surface area contributed by atoms with E-state index in [0.717, 1.165) is 10.0 Å². The number of halogens is 1. The Morgan fingerprint density at radius 2 is 1.79 bits per heavy atom. The lowest BCUT2D eigenvalue weighted by atomic mass is 9.96. The smallest absolute Gasteiger partial charge is 0.324 e. The number of Topliss-reactive ketones (excluding diaryl/α,β-unsaturated/α-hetero) is 1. The minimum Gasteiger partial charge on any atom is -0.392 e. The van der Waals surface area contributed by atoms with Crippen LogP contribution in [0.2, 0.25) is 0 Å². The van der Waals surface area contributed by atoms with Gasteiger partial charge in [-0.1, -0.05) is 28.1 Å². The molecule has 0 radical (unpaired) electrons. The minimum absolute atomic E-state index is 0.314. The average Bonchev–Trinajstić information content (AvgIpc) is 3.09. The molecule has 0 heterocycles. The quantitative estimate of drug-likeness (QED) is 0.630. The maximum absolute atomic E-state index is 12.0. The molecule has 0 unspecified atom stereocenters. The van der Waals surface area contributed by atoms with Crippen LogP contribution < -0.4 is 0 Å². The largest absolute Gasteiger partial charge is 0.392 e. The van der Waals surface area contributed by atoms with E-state index in [9.17, 15) is 14.4 Å². The van der Waals surface area contributed by atoms with Crippen molar-refractivity contribution in [2.24, 2.45) is 0 Å². The van der Waals surface area contributed by atoms with Gasteiger partial charge < -0.3 is 4.74 Å². The van der Waals surface area contributed by atoms with Crippen molar-refractivity contribution in [3.05, 3.63) is 34.3 Å². The molecule has 0 aromatic heterocycles. The van der Waals surface area contributed by atoms with Crippen molar-refractivity contribution in [1.29, 1.82) is 0 Å². The van der Waals surface area contributed by atoms with Gasteiger partial charge in [0, 0.05) is 4.47 Å². The number of ether oxygens (including phenoxy) is 1. The van der Waals surface area contributed by atoms with Gasteiger partial charge in [-0.15, -0.1) is 0 Å². The summed E-state index contributed by atoms with van der Waals surface area (Å²) in [7, 11) is 0. The summed E-state index contributed by atoms with van der Waals surface area (Å²) in [6, 6.07) is 7.38. The van der Waals surface area contributed by atoms with Crippen LogP contribution in [0.25, 0.3) is 0 Å². The first-order valence-electron chi connectivity index (χ1n) is 5.95. The van der Waals surface area contributed by atoms with Gasteiger partial charge in [-0.05, 0) is 37.5 Å². The van der Waals surface area contributed by atoms with Crippen LogP contribution in [0, 0.1) is 0 Å². The van der Waals surface area contributed by atoms with E-state index in [1.807, 2.05) is 24.3 Å². The minimum atomic E-state index is -0.777. The van der Waals surface area contributed by atoms with Crippen LogP contribution in [-0.2, 0) is 24.5 Å². The molecule has 0 N–H and O–H groups in total. The van der Waals surface area contributed by atoms with E-state index >= 15 is 0 Å². The first-order chi connectivity index (χ1) is 8.94. The van der Waals surface area contributed by atoms with E-state index in [1.54, 1.807) is 0 Å². The second kappa shape index (κ2) is 5.25. The first kappa shape index (κ1) is 13.9. The van der Waals surface area contributed by atoms with Crippen molar-refractivity contribution in [2.75, 3.05) is 0 Å². The van der Waals surface area contributed by atoms with E-state index < -0.39 is 17.4 Å². The predicted molar refractivity (Wildman–Crippen MR) is 71.5 cm³/mol. The highest BCUT2D eigenvalue weighted by Crippen LogP contribution is 2.49. The van der Waals surface area contributed by atoms with Crippen LogP contribution in [0.1, 0.15) is 31.7 Å². The Balaban J connectivity index is 2.08. The fourth-order valence-electron chi connectivity index (χ4n) is 1.94. The Hall–Kier alpha value is -1.49. The normalized spacial score (nSPS) is 15.7. The fraction of sp³-hybridized carbons (Fsp3) is 0.357. The Kier molecular flexibility index (Phi) is 3.85. The second-order valence-corrected chi connectivity index (χ2v) is 5.64. The van der Waals surface area contributed by atoms with Crippen molar-refractivity contribution >= 4 is 33.7 Å². The zero-order chi connectivity index (χ0) is 14.0. The topological polar surface area (TPSA) is 60.4 Å². The molecule has 1 aliphatic rings. The van der Waals surface area contributed by atoms with Gasteiger partial charge in [0.15, 0.2) is 0 Å². The third-order valence-electron chi connectivity index (χ3n) is 3.14. The van der Waals surface area contributed by atoms with E-state index in [-0.39, 0.29) is 12.2 Å². The zero-order valence-electron chi connectivity index (χ0n) is 10.4. The van der Waals surface area contributed by atoms with E-state index in [2.05, 4.69) is 15.9 Å². The third-order valence-corrected chi connectivity index (χ3v) is 3.67. The number of esters is 2. The summed E-state index contributed by atoms with van der Waals surface area (Å²) in [5.74, 6) is -1.65. The summed E-state index contributed by atoms with van der Waals surface area (Å²) < 4.78 is 5.69. The Labute approximate surface area is 119 Å². The Morgan fingerprint density at radius 1 is 1.21 bits per heavy atom. The first-order valence-corrected chi connectivity index (χ1v) is 6.74. The summed E-state index contributed by atoms with van der Waals surface area (Å²) in [5, 5.41) is 0. The van der Waals surface area contributed by atoms with Crippen molar-refractivity contribution in [1.82, 2.24) is 0 Å². The molecule has 100 valence electrons. The van der Waals surface area contributed by atoms with Gasteiger partial charge in [-0.3, -0.25) is 14.4 Å². The molecular formula is C14H13BrO4. The molecule has 0 aliphatic heterocycles. The molecular weight excluding hydrogens is 312 g/mol. The molecule has 2 rings (SSSR count). The highest BCUT2D eigenvalue weighted by atomic mass is 79.9. The monoisotopic (exact) mass is 324 g/mol. The van der Waals surface area contributed by atoms with Crippen LogP contribution in [0.5, 0.6) is 0 Å². The molecule has 1 fully saturated rings. The van der Waals surface area contributed by atoms with E-state index in [1.165, 1.54) is 6.92 Å². The SMILES string of the molecule is CC(=O)CC(=O)OC(=O)C1(c2ccc(Br)cc2)CC1. The van der Waals surface area contributed by atoms with Crippen LogP contribution in [0.4, 0.5) is 0 Å². The maximum atomic E-state index is 12.0. The van der Waals surface area contributed by atoms with Gasteiger partial charge in [-0.2, -0.15) is 0 Å². The molecule has 0 bridgehead atoms. The summed E-state index contributed by atoms with van der Waals surface area (Å²) in [6.07, 6.45) is 0.976. The maximum Gasteiger partial charge on any atom is 0.324 e. The highest BCUT2D eigenvalue weighted by Gasteiger charge is 2.53. The second-order valence-electron chi connectivity index (χ2n) is 4.73. The number of carbonyl (C=O) groups excluding carboxylic acids is 3.